The summed E-state index contributed by atoms with van der Waals surface area (Å²) in [5.41, 5.74) is 1.73. The molecule has 1 heterocycles. The average Bonchev–Trinajstić information content (AvgIpc) is 2.79. The van der Waals surface area contributed by atoms with Crippen LogP contribution in [0.1, 0.15) is 36.7 Å². The Morgan fingerprint density at radius 1 is 1.15 bits per heavy atom. The van der Waals surface area contributed by atoms with Gasteiger partial charge in [-0.15, -0.1) is 0 Å². The Bertz CT molecular complexity index is 1450. The minimum atomic E-state index is -0.293. The van der Waals surface area contributed by atoms with Crippen molar-refractivity contribution in [1.29, 1.82) is 0 Å². The van der Waals surface area contributed by atoms with Gasteiger partial charge in [-0.1, -0.05) is 48.0 Å². The molecule has 1 aromatic heterocycles. The molecule has 0 aliphatic rings. The Morgan fingerprint density at radius 2 is 1.85 bits per heavy atom. The molecule has 0 N–H and O–H groups in total. The van der Waals surface area contributed by atoms with Crippen molar-refractivity contribution < 1.29 is 9.13 Å². The largest absolute Gasteiger partial charge is 0.487 e. The fraction of sp³-hybridized carbons (Fsp3) is 0.160. The van der Waals surface area contributed by atoms with Gasteiger partial charge in [-0.05, 0) is 87.1 Å². The molecule has 174 valence electrons. The van der Waals surface area contributed by atoms with Crippen LogP contribution in [0, 0.1) is 13.0 Å². The number of rotatable bonds is 6. The lowest BCUT2D eigenvalue weighted by Crippen LogP contribution is -2.23. The average molecular weight is 746 g/mol. The standard InChI is InChI=1S/C25H19BrFI2N3O2/c1-14(2)24-31-22-8-7-17(26)11-18(22)25(33)32(24)30-12-15-9-20(28)23(21(29)10-15)34-13-16-5-3-4-6-19(16)27/h3-12,14H,13H2,1-2H3. The highest BCUT2D eigenvalue weighted by Crippen LogP contribution is 2.29. The molecule has 0 fully saturated rings. The molecule has 5 nitrogen and oxygen atoms in total. The van der Waals surface area contributed by atoms with Crippen molar-refractivity contribution in [3.05, 3.63) is 99.3 Å². The minimum absolute atomic E-state index is 0.00678. The molecule has 0 saturated carbocycles. The maximum atomic E-state index is 13.9. The van der Waals surface area contributed by atoms with E-state index in [0.29, 0.717) is 28.0 Å². The molecule has 0 spiro atoms. The van der Waals surface area contributed by atoms with Crippen LogP contribution >= 0.6 is 61.1 Å². The second-order valence-electron chi connectivity index (χ2n) is 7.84. The van der Waals surface area contributed by atoms with Crippen LogP contribution in [0.4, 0.5) is 4.39 Å². The van der Waals surface area contributed by atoms with Gasteiger partial charge in [-0.25, -0.2) is 9.37 Å². The summed E-state index contributed by atoms with van der Waals surface area (Å²) in [5.74, 6) is 0.982. The second-order valence-corrected chi connectivity index (χ2v) is 11.1. The highest BCUT2D eigenvalue weighted by molar-refractivity contribution is 14.1. The van der Waals surface area contributed by atoms with E-state index in [2.05, 4.69) is 71.2 Å². The first-order chi connectivity index (χ1) is 16.2. The van der Waals surface area contributed by atoms with Crippen LogP contribution in [0.15, 0.2) is 69.0 Å². The maximum Gasteiger partial charge on any atom is 0.282 e. The van der Waals surface area contributed by atoms with Crippen LogP contribution in [0.5, 0.6) is 5.75 Å². The first kappa shape index (κ1) is 25.2. The Hall–Kier alpha value is -1.86. The monoisotopic (exact) mass is 745 g/mol. The van der Waals surface area contributed by atoms with Crippen LogP contribution in [-0.4, -0.2) is 15.9 Å². The van der Waals surface area contributed by atoms with Gasteiger partial charge in [0.05, 0.1) is 24.3 Å². The van der Waals surface area contributed by atoms with E-state index >= 15 is 0 Å². The van der Waals surface area contributed by atoms with Crippen molar-refractivity contribution in [2.24, 2.45) is 5.10 Å². The third-order valence-corrected chi connectivity index (χ3v) is 7.12. The second kappa shape index (κ2) is 10.8. The molecule has 0 bridgehead atoms. The summed E-state index contributed by atoms with van der Waals surface area (Å²) in [6, 6.07) is 15.8. The predicted octanol–water partition coefficient (Wildman–Crippen LogP) is 7.09. The molecule has 0 unspecified atom stereocenters. The third kappa shape index (κ3) is 5.51. The quantitative estimate of drug-likeness (QED) is 0.157. The summed E-state index contributed by atoms with van der Waals surface area (Å²) in [6.07, 6.45) is 1.64. The molecule has 4 rings (SSSR count). The normalized spacial score (nSPS) is 11.6. The summed E-state index contributed by atoms with van der Waals surface area (Å²) >= 11 is 7.79. The molecule has 4 aromatic rings. The lowest BCUT2D eigenvalue weighted by Gasteiger charge is -2.13. The van der Waals surface area contributed by atoms with Crippen LogP contribution in [-0.2, 0) is 6.61 Å². The topological polar surface area (TPSA) is 56.5 Å². The smallest absolute Gasteiger partial charge is 0.282 e. The number of fused-ring (bicyclic) bond motifs is 1. The van der Waals surface area contributed by atoms with Gasteiger partial charge in [0.15, 0.2) is 0 Å². The van der Waals surface area contributed by atoms with Crippen LogP contribution in [0.25, 0.3) is 10.9 Å². The van der Waals surface area contributed by atoms with Gasteiger partial charge in [0, 0.05) is 16.0 Å². The van der Waals surface area contributed by atoms with E-state index < -0.39 is 0 Å². The van der Waals surface area contributed by atoms with Gasteiger partial charge in [-0.2, -0.15) is 9.78 Å². The van der Waals surface area contributed by atoms with Crippen molar-refractivity contribution in [2.45, 2.75) is 26.4 Å². The van der Waals surface area contributed by atoms with Gasteiger partial charge >= 0.3 is 0 Å². The number of halogens is 4. The SMILES string of the molecule is CC(C)c1nc2ccc(Br)cc2c(=O)n1N=Cc1cc(I)c(OCc2ccccc2F)c(I)c1. The molecule has 0 aliphatic carbocycles. The van der Waals surface area contributed by atoms with E-state index in [1.165, 1.54) is 10.7 Å². The lowest BCUT2D eigenvalue weighted by molar-refractivity contribution is 0.295. The number of hydrogen-bond donors (Lipinski definition) is 0. The summed E-state index contributed by atoms with van der Waals surface area (Å²) in [4.78, 5) is 17.9. The van der Waals surface area contributed by atoms with Crippen molar-refractivity contribution in [2.75, 3.05) is 0 Å². The van der Waals surface area contributed by atoms with Crippen molar-refractivity contribution in [3.8, 4) is 5.75 Å². The van der Waals surface area contributed by atoms with E-state index in [9.17, 15) is 9.18 Å². The first-order valence-corrected chi connectivity index (χ1v) is 13.3. The van der Waals surface area contributed by atoms with Gasteiger partial charge in [0.1, 0.15) is 24.0 Å². The Labute approximate surface area is 231 Å². The molecule has 0 amide bonds. The summed E-state index contributed by atoms with van der Waals surface area (Å²) in [5, 5.41) is 5.00. The molecule has 0 atom stereocenters. The Kier molecular flexibility index (Phi) is 8.03. The van der Waals surface area contributed by atoms with E-state index in [1.807, 2.05) is 38.1 Å². The number of nitrogens with zero attached hydrogens (tertiary/aromatic N) is 3. The summed E-state index contributed by atoms with van der Waals surface area (Å²) in [6.45, 7) is 4.09. The van der Waals surface area contributed by atoms with Crippen LogP contribution < -0.4 is 10.3 Å². The molecular formula is C25H19BrFI2N3O2. The highest BCUT2D eigenvalue weighted by atomic mass is 127. The zero-order valence-corrected chi connectivity index (χ0v) is 24.1. The number of benzene rings is 3. The Morgan fingerprint density at radius 3 is 2.53 bits per heavy atom. The Balaban J connectivity index is 1.66. The number of hydrogen-bond acceptors (Lipinski definition) is 4. The van der Waals surface area contributed by atoms with Gasteiger partial charge in [-0.3, -0.25) is 4.79 Å². The van der Waals surface area contributed by atoms with E-state index in [1.54, 1.807) is 30.5 Å². The van der Waals surface area contributed by atoms with Crippen molar-refractivity contribution in [1.82, 2.24) is 9.66 Å². The number of aromatic nitrogens is 2. The molecular weight excluding hydrogens is 727 g/mol. The van der Waals surface area contributed by atoms with Crippen molar-refractivity contribution >= 4 is 78.2 Å². The number of ether oxygens (including phenoxy) is 1. The van der Waals surface area contributed by atoms with Gasteiger partial charge < -0.3 is 4.74 Å². The summed E-state index contributed by atoms with van der Waals surface area (Å²) in [7, 11) is 0. The first-order valence-electron chi connectivity index (χ1n) is 10.4. The zero-order valence-electron chi connectivity index (χ0n) is 18.2. The third-order valence-electron chi connectivity index (χ3n) is 5.02. The van der Waals surface area contributed by atoms with E-state index in [4.69, 9.17) is 4.74 Å². The molecule has 0 saturated heterocycles. The minimum Gasteiger partial charge on any atom is -0.487 e. The highest BCUT2D eigenvalue weighted by Gasteiger charge is 2.14. The van der Waals surface area contributed by atoms with Crippen LogP contribution in [0.2, 0.25) is 0 Å². The molecule has 3 aromatic carbocycles. The zero-order chi connectivity index (χ0) is 24.4. The van der Waals surface area contributed by atoms with E-state index in [-0.39, 0.29) is 23.9 Å². The maximum absolute atomic E-state index is 13.9. The summed E-state index contributed by atoms with van der Waals surface area (Å²) < 4.78 is 23.7. The van der Waals surface area contributed by atoms with Gasteiger partial charge in [0.2, 0.25) is 0 Å². The fourth-order valence-corrected chi connectivity index (χ4v) is 5.82. The molecule has 34 heavy (non-hydrogen) atoms. The molecule has 0 radical (unpaired) electrons. The van der Waals surface area contributed by atoms with Crippen molar-refractivity contribution in [3.63, 3.8) is 0 Å². The molecule has 9 heteroatoms. The van der Waals surface area contributed by atoms with Gasteiger partial charge in [0.25, 0.3) is 5.56 Å². The fourth-order valence-electron chi connectivity index (χ4n) is 3.33. The molecule has 0 aliphatic heterocycles. The van der Waals surface area contributed by atoms with Crippen LogP contribution in [0.3, 0.4) is 0 Å². The lowest BCUT2D eigenvalue weighted by atomic mass is 10.2. The van der Waals surface area contributed by atoms with E-state index in [0.717, 1.165) is 17.2 Å². The predicted molar refractivity (Wildman–Crippen MR) is 153 cm³/mol.